The summed E-state index contributed by atoms with van der Waals surface area (Å²) in [4.78, 5) is 28.4. The van der Waals surface area contributed by atoms with Crippen LogP contribution >= 0.6 is 11.6 Å². The molecule has 0 saturated carbocycles. The summed E-state index contributed by atoms with van der Waals surface area (Å²) in [6.07, 6.45) is 3.99. The fourth-order valence-electron chi connectivity index (χ4n) is 2.44. The quantitative estimate of drug-likeness (QED) is 0.782. The van der Waals surface area contributed by atoms with Crippen LogP contribution < -0.4 is 10.9 Å². The van der Waals surface area contributed by atoms with Gasteiger partial charge in [-0.3, -0.25) is 9.59 Å². The Balaban J connectivity index is 1.71. The number of rotatable bonds is 4. The van der Waals surface area contributed by atoms with Crippen molar-refractivity contribution >= 4 is 23.3 Å². The van der Waals surface area contributed by atoms with Crippen LogP contribution in [0.1, 0.15) is 21.5 Å². The van der Waals surface area contributed by atoms with Gasteiger partial charge < -0.3 is 9.88 Å². The molecule has 3 aromatic rings. The maximum Gasteiger partial charge on any atom is 0.263 e. The number of benzene rings is 1. The number of hydrogen-bond donors (Lipinski definition) is 1. The summed E-state index contributed by atoms with van der Waals surface area (Å²) in [5.41, 5.74) is 1.81. The van der Waals surface area contributed by atoms with Crippen molar-refractivity contribution in [3.05, 3.63) is 93.0 Å². The van der Waals surface area contributed by atoms with E-state index < -0.39 is 5.91 Å². The number of hydrogen-bond acceptors (Lipinski definition) is 3. The lowest BCUT2D eigenvalue weighted by Crippen LogP contribution is -2.27. The second kappa shape index (κ2) is 7.32. The molecule has 0 unspecified atom stereocenters. The first-order chi connectivity index (χ1) is 12.0. The van der Waals surface area contributed by atoms with Gasteiger partial charge in [-0.05, 0) is 47.9 Å². The SMILES string of the molecule is Cn1cccc(C(=O)Nc2ccc(Cc3cccc(Cl)c3)cn2)c1=O. The third-order valence-electron chi connectivity index (χ3n) is 3.73. The molecule has 0 bridgehead atoms. The van der Waals surface area contributed by atoms with Crippen LogP contribution in [0, 0.1) is 0 Å². The highest BCUT2D eigenvalue weighted by Gasteiger charge is 2.11. The van der Waals surface area contributed by atoms with E-state index in [0.717, 1.165) is 11.1 Å². The average Bonchev–Trinajstić information content (AvgIpc) is 2.59. The van der Waals surface area contributed by atoms with Crippen LogP contribution in [0.3, 0.4) is 0 Å². The van der Waals surface area contributed by atoms with Crippen molar-refractivity contribution in [2.24, 2.45) is 7.05 Å². The molecule has 0 fully saturated rings. The fraction of sp³-hybridized carbons (Fsp3) is 0.105. The first-order valence-electron chi connectivity index (χ1n) is 7.69. The summed E-state index contributed by atoms with van der Waals surface area (Å²) >= 11 is 5.99. The molecule has 3 rings (SSSR count). The maximum absolute atomic E-state index is 12.2. The molecule has 0 aliphatic carbocycles. The van der Waals surface area contributed by atoms with Crippen molar-refractivity contribution in [1.82, 2.24) is 9.55 Å². The molecule has 6 heteroatoms. The van der Waals surface area contributed by atoms with E-state index in [9.17, 15) is 9.59 Å². The van der Waals surface area contributed by atoms with Gasteiger partial charge in [-0.1, -0.05) is 29.8 Å². The number of anilines is 1. The van der Waals surface area contributed by atoms with E-state index in [2.05, 4.69) is 10.3 Å². The molecule has 1 amide bonds. The molecule has 0 atom stereocenters. The highest BCUT2D eigenvalue weighted by Crippen LogP contribution is 2.15. The zero-order chi connectivity index (χ0) is 17.8. The predicted octanol–water partition coefficient (Wildman–Crippen LogP) is 3.28. The van der Waals surface area contributed by atoms with Gasteiger partial charge in [0.15, 0.2) is 0 Å². The van der Waals surface area contributed by atoms with Crippen LogP contribution in [-0.2, 0) is 13.5 Å². The van der Waals surface area contributed by atoms with E-state index in [0.29, 0.717) is 17.3 Å². The molecular formula is C19H16ClN3O2. The molecular weight excluding hydrogens is 338 g/mol. The lowest BCUT2D eigenvalue weighted by atomic mass is 10.1. The number of carbonyl (C=O) groups excluding carboxylic acids is 1. The summed E-state index contributed by atoms with van der Waals surface area (Å²) in [6, 6.07) is 14.4. The van der Waals surface area contributed by atoms with Crippen LogP contribution in [0.25, 0.3) is 0 Å². The molecule has 0 saturated heterocycles. The Hall–Kier alpha value is -2.92. The minimum absolute atomic E-state index is 0.0785. The molecule has 5 nitrogen and oxygen atoms in total. The van der Waals surface area contributed by atoms with Crippen molar-refractivity contribution < 1.29 is 4.79 Å². The minimum atomic E-state index is -0.476. The maximum atomic E-state index is 12.2. The van der Waals surface area contributed by atoms with Crippen LogP contribution in [0.4, 0.5) is 5.82 Å². The van der Waals surface area contributed by atoms with Crippen molar-refractivity contribution in [3.8, 4) is 0 Å². The number of pyridine rings is 2. The molecule has 1 N–H and O–H groups in total. The summed E-state index contributed by atoms with van der Waals surface area (Å²) in [6.45, 7) is 0. The van der Waals surface area contributed by atoms with Gasteiger partial charge in [-0.15, -0.1) is 0 Å². The minimum Gasteiger partial charge on any atom is -0.318 e. The van der Waals surface area contributed by atoms with E-state index in [4.69, 9.17) is 11.6 Å². The van der Waals surface area contributed by atoms with Crippen LogP contribution in [0.2, 0.25) is 5.02 Å². The number of nitrogens with one attached hydrogen (secondary N) is 1. The fourth-order valence-corrected chi connectivity index (χ4v) is 2.65. The first kappa shape index (κ1) is 16.9. The number of aromatic nitrogens is 2. The smallest absolute Gasteiger partial charge is 0.263 e. The third kappa shape index (κ3) is 4.14. The highest BCUT2D eigenvalue weighted by atomic mass is 35.5. The topological polar surface area (TPSA) is 64.0 Å². The molecule has 0 spiro atoms. The Morgan fingerprint density at radius 2 is 2.00 bits per heavy atom. The summed E-state index contributed by atoms with van der Waals surface area (Å²) in [7, 11) is 1.60. The van der Waals surface area contributed by atoms with Gasteiger partial charge in [0.25, 0.3) is 11.5 Å². The van der Waals surface area contributed by atoms with Crippen molar-refractivity contribution in [1.29, 1.82) is 0 Å². The second-order valence-corrected chi connectivity index (χ2v) is 6.09. The number of nitrogens with zero attached hydrogens (tertiary/aromatic N) is 2. The lowest BCUT2D eigenvalue weighted by molar-refractivity contribution is 0.102. The van der Waals surface area contributed by atoms with E-state index in [1.807, 2.05) is 30.3 Å². The van der Waals surface area contributed by atoms with E-state index in [1.165, 1.54) is 10.6 Å². The largest absolute Gasteiger partial charge is 0.318 e. The normalized spacial score (nSPS) is 10.5. The van der Waals surface area contributed by atoms with Gasteiger partial charge in [-0.25, -0.2) is 4.98 Å². The number of carbonyl (C=O) groups is 1. The van der Waals surface area contributed by atoms with Crippen molar-refractivity contribution in [2.45, 2.75) is 6.42 Å². The number of aryl methyl sites for hydroxylation is 1. The molecule has 2 heterocycles. The monoisotopic (exact) mass is 353 g/mol. The third-order valence-corrected chi connectivity index (χ3v) is 3.97. The highest BCUT2D eigenvalue weighted by molar-refractivity contribution is 6.30. The average molecular weight is 354 g/mol. The zero-order valence-corrected chi connectivity index (χ0v) is 14.3. The molecule has 0 aliphatic rings. The van der Waals surface area contributed by atoms with Crippen LogP contribution in [-0.4, -0.2) is 15.5 Å². The van der Waals surface area contributed by atoms with Gasteiger partial charge in [0.2, 0.25) is 0 Å². The van der Waals surface area contributed by atoms with Gasteiger partial charge >= 0.3 is 0 Å². The molecule has 0 aliphatic heterocycles. The molecule has 25 heavy (non-hydrogen) atoms. The standard InChI is InChI=1S/C19H16ClN3O2/c1-23-9-3-6-16(19(23)25)18(24)22-17-8-7-14(12-21-17)10-13-4-2-5-15(20)11-13/h2-9,11-12H,10H2,1H3,(H,21,22,24). The van der Waals surface area contributed by atoms with Crippen molar-refractivity contribution in [3.63, 3.8) is 0 Å². The Morgan fingerprint density at radius 3 is 2.72 bits per heavy atom. The Labute approximate surface area is 149 Å². The summed E-state index contributed by atoms with van der Waals surface area (Å²) in [5.74, 6) is -0.0814. The summed E-state index contributed by atoms with van der Waals surface area (Å²) in [5, 5.41) is 3.34. The van der Waals surface area contributed by atoms with Crippen molar-refractivity contribution in [2.75, 3.05) is 5.32 Å². The number of halogens is 1. The lowest BCUT2D eigenvalue weighted by Gasteiger charge is -2.07. The Bertz CT molecular complexity index is 965. The Morgan fingerprint density at radius 1 is 1.16 bits per heavy atom. The molecule has 1 aromatic carbocycles. The second-order valence-electron chi connectivity index (χ2n) is 5.65. The van der Waals surface area contributed by atoms with E-state index in [-0.39, 0.29) is 11.1 Å². The predicted molar refractivity (Wildman–Crippen MR) is 98.1 cm³/mol. The van der Waals surface area contributed by atoms with Gasteiger partial charge in [-0.2, -0.15) is 0 Å². The van der Waals surface area contributed by atoms with Crippen LogP contribution in [0.5, 0.6) is 0 Å². The first-order valence-corrected chi connectivity index (χ1v) is 8.07. The molecule has 2 aromatic heterocycles. The zero-order valence-electron chi connectivity index (χ0n) is 13.6. The number of amides is 1. The molecule has 0 radical (unpaired) electrons. The molecule has 126 valence electrons. The van der Waals surface area contributed by atoms with Gasteiger partial charge in [0, 0.05) is 24.5 Å². The van der Waals surface area contributed by atoms with Crippen LogP contribution in [0.15, 0.2) is 65.7 Å². The van der Waals surface area contributed by atoms with E-state index >= 15 is 0 Å². The van der Waals surface area contributed by atoms with Gasteiger partial charge in [0.05, 0.1) is 0 Å². The summed E-state index contributed by atoms with van der Waals surface area (Å²) < 4.78 is 1.36. The van der Waals surface area contributed by atoms with E-state index in [1.54, 1.807) is 31.6 Å². The van der Waals surface area contributed by atoms with Gasteiger partial charge in [0.1, 0.15) is 11.4 Å². The Kier molecular flexibility index (Phi) is 4.95.